The van der Waals surface area contributed by atoms with E-state index in [1.165, 1.54) is 13.8 Å². The average Bonchev–Trinajstić information content (AvgIpc) is 2.49. The molecular weight excluding hydrogens is 312 g/mol. The second-order valence-corrected chi connectivity index (χ2v) is 6.12. The smallest absolute Gasteiger partial charge is 0.200 e. The predicted molar refractivity (Wildman–Crippen MR) is 77.0 cm³/mol. The number of phenols is 6. The predicted octanol–water partition coefficient (Wildman–Crippen LogP) is 1.70. The number of phenolic OH excluding ortho intramolecular Hbond substituents is 6. The summed E-state index contributed by atoms with van der Waals surface area (Å²) < 4.78 is 12.6. The zero-order valence-corrected chi connectivity index (χ0v) is 12.5. The molecule has 0 saturated carbocycles. The summed E-state index contributed by atoms with van der Waals surface area (Å²) in [6, 6.07) is 2.03. The van der Waals surface area contributed by atoms with E-state index in [1.54, 1.807) is 0 Å². The summed E-state index contributed by atoms with van der Waals surface area (Å²) in [6.07, 6.45) is 0. The van der Waals surface area contributed by atoms with Crippen LogP contribution in [0.1, 0.15) is 11.1 Å². The first kappa shape index (κ1) is 15.8. The first-order valence-corrected chi connectivity index (χ1v) is 7.22. The minimum absolute atomic E-state index is 0.0135. The highest BCUT2D eigenvalue weighted by atomic mass is 32.2. The van der Waals surface area contributed by atoms with E-state index in [0.29, 0.717) is 0 Å². The van der Waals surface area contributed by atoms with Crippen LogP contribution in [-0.2, 0) is 10.8 Å². The van der Waals surface area contributed by atoms with Crippen molar-refractivity contribution in [3.8, 4) is 34.5 Å². The lowest BCUT2D eigenvalue weighted by atomic mass is 10.2. The van der Waals surface area contributed by atoms with Gasteiger partial charge in [0.15, 0.2) is 23.0 Å². The molecular formula is C14H14O7S. The van der Waals surface area contributed by atoms with Crippen LogP contribution in [0.15, 0.2) is 21.9 Å². The van der Waals surface area contributed by atoms with Gasteiger partial charge < -0.3 is 30.6 Å². The van der Waals surface area contributed by atoms with Crippen LogP contribution in [0.2, 0.25) is 0 Å². The topological polar surface area (TPSA) is 138 Å². The molecule has 0 radical (unpaired) electrons. The lowest BCUT2D eigenvalue weighted by Gasteiger charge is -2.14. The average molecular weight is 326 g/mol. The maximum absolute atomic E-state index is 12.6. The Hall–Kier alpha value is -2.61. The van der Waals surface area contributed by atoms with Crippen molar-refractivity contribution >= 4 is 10.8 Å². The lowest BCUT2D eigenvalue weighted by molar-refractivity contribution is 0.363. The molecule has 0 aliphatic heterocycles. The number of aromatic hydroxyl groups is 6. The minimum atomic E-state index is -1.99. The Kier molecular flexibility index (Phi) is 3.80. The van der Waals surface area contributed by atoms with Crippen molar-refractivity contribution in [3.63, 3.8) is 0 Å². The van der Waals surface area contributed by atoms with E-state index in [1.807, 2.05) is 0 Å². The molecule has 6 N–H and O–H groups in total. The molecule has 0 aromatic heterocycles. The molecule has 0 atom stereocenters. The zero-order valence-electron chi connectivity index (χ0n) is 11.7. The maximum atomic E-state index is 12.6. The van der Waals surface area contributed by atoms with Gasteiger partial charge in [0, 0.05) is 23.3 Å². The van der Waals surface area contributed by atoms with E-state index >= 15 is 0 Å². The van der Waals surface area contributed by atoms with E-state index < -0.39 is 45.3 Å². The van der Waals surface area contributed by atoms with Crippen molar-refractivity contribution in [1.29, 1.82) is 0 Å². The molecule has 8 heteroatoms. The largest absolute Gasteiger partial charge is 0.504 e. The van der Waals surface area contributed by atoms with Gasteiger partial charge in [-0.25, -0.2) is 4.21 Å². The van der Waals surface area contributed by atoms with Crippen molar-refractivity contribution in [2.24, 2.45) is 0 Å². The Morgan fingerprint density at radius 2 is 1.00 bits per heavy atom. The molecule has 0 aliphatic carbocycles. The Balaban J connectivity index is 2.69. The fraction of sp³-hybridized carbons (Fsp3) is 0.143. The molecule has 0 fully saturated rings. The molecule has 0 amide bonds. The van der Waals surface area contributed by atoms with Crippen molar-refractivity contribution in [2.45, 2.75) is 23.6 Å². The normalized spacial score (nSPS) is 11.0. The van der Waals surface area contributed by atoms with E-state index in [2.05, 4.69) is 0 Å². The highest BCUT2D eigenvalue weighted by molar-refractivity contribution is 7.85. The highest BCUT2D eigenvalue weighted by Crippen LogP contribution is 2.44. The summed E-state index contributed by atoms with van der Waals surface area (Å²) in [5.41, 5.74) is 0.139. The summed E-state index contributed by atoms with van der Waals surface area (Å²) in [4.78, 5) is -0.0271. The van der Waals surface area contributed by atoms with Gasteiger partial charge in [0.05, 0.1) is 20.6 Å². The number of hydrogen-bond acceptors (Lipinski definition) is 7. The number of rotatable bonds is 2. The SMILES string of the molecule is Cc1c(S(=O)c2cc(O)c(O)c(O)c2C)cc(O)c(O)c1O. The Labute approximate surface area is 127 Å². The van der Waals surface area contributed by atoms with Crippen LogP contribution >= 0.6 is 0 Å². The number of benzene rings is 2. The second-order valence-electron chi connectivity index (χ2n) is 4.70. The summed E-state index contributed by atoms with van der Waals surface area (Å²) in [5.74, 6) is -4.01. The van der Waals surface area contributed by atoms with Gasteiger partial charge in [-0.15, -0.1) is 0 Å². The molecule has 0 unspecified atom stereocenters. The fourth-order valence-corrected chi connectivity index (χ4v) is 3.36. The lowest BCUT2D eigenvalue weighted by Crippen LogP contribution is -1.99. The van der Waals surface area contributed by atoms with Crippen LogP contribution in [0.3, 0.4) is 0 Å². The summed E-state index contributed by atoms with van der Waals surface area (Å²) >= 11 is 0. The van der Waals surface area contributed by atoms with Crippen molar-refractivity contribution in [3.05, 3.63) is 23.3 Å². The van der Waals surface area contributed by atoms with Crippen molar-refractivity contribution in [1.82, 2.24) is 0 Å². The third kappa shape index (κ3) is 2.27. The molecule has 7 nitrogen and oxygen atoms in total. The molecule has 0 bridgehead atoms. The van der Waals surface area contributed by atoms with E-state index in [4.69, 9.17) is 0 Å². The van der Waals surface area contributed by atoms with Crippen LogP contribution in [0, 0.1) is 13.8 Å². The van der Waals surface area contributed by atoms with Crippen LogP contribution in [0.5, 0.6) is 34.5 Å². The van der Waals surface area contributed by atoms with Crippen LogP contribution < -0.4 is 0 Å². The maximum Gasteiger partial charge on any atom is 0.200 e. The van der Waals surface area contributed by atoms with E-state index in [9.17, 15) is 34.8 Å². The monoisotopic (exact) mass is 326 g/mol. The van der Waals surface area contributed by atoms with Crippen molar-refractivity contribution < 1.29 is 34.8 Å². The van der Waals surface area contributed by atoms with Gasteiger partial charge >= 0.3 is 0 Å². The van der Waals surface area contributed by atoms with Gasteiger partial charge in [-0.1, -0.05) is 0 Å². The van der Waals surface area contributed by atoms with Gasteiger partial charge in [-0.05, 0) is 13.8 Å². The van der Waals surface area contributed by atoms with E-state index in [0.717, 1.165) is 12.1 Å². The van der Waals surface area contributed by atoms with Crippen molar-refractivity contribution in [2.75, 3.05) is 0 Å². The van der Waals surface area contributed by atoms with Gasteiger partial charge in [0.1, 0.15) is 0 Å². The highest BCUT2D eigenvalue weighted by Gasteiger charge is 2.23. The Morgan fingerprint density at radius 1 is 0.682 bits per heavy atom. The third-order valence-electron chi connectivity index (χ3n) is 3.32. The molecule has 0 aliphatic rings. The first-order valence-electron chi connectivity index (χ1n) is 6.07. The quantitative estimate of drug-likeness (QED) is 0.462. The van der Waals surface area contributed by atoms with Gasteiger partial charge in [0.2, 0.25) is 11.5 Å². The Morgan fingerprint density at radius 3 is 1.32 bits per heavy atom. The van der Waals surface area contributed by atoms with E-state index in [-0.39, 0.29) is 20.9 Å². The molecule has 2 aromatic rings. The second kappa shape index (κ2) is 5.30. The van der Waals surface area contributed by atoms with Crippen LogP contribution in [0.4, 0.5) is 0 Å². The summed E-state index contributed by atoms with van der Waals surface area (Å²) in [5, 5.41) is 57.3. The van der Waals surface area contributed by atoms with Gasteiger partial charge in [0.25, 0.3) is 0 Å². The standard InChI is InChI=1S/C14H14O7S/c1-5-9(3-7(15)13(19)11(5)17)22(21)10-4-8(16)14(20)12(18)6(10)2/h3-4,15-20H,1-2H3. The molecule has 0 saturated heterocycles. The molecule has 118 valence electrons. The summed E-state index contributed by atoms with van der Waals surface area (Å²) in [7, 11) is -1.99. The molecule has 22 heavy (non-hydrogen) atoms. The summed E-state index contributed by atoms with van der Waals surface area (Å²) in [6.45, 7) is 2.77. The number of hydrogen-bond donors (Lipinski definition) is 6. The molecule has 2 rings (SSSR count). The Bertz CT molecular complexity index is 733. The molecule has 2 aromatic carbocycles. The van der Waals surface area contributed by atoms with Crippen LogP contribution in [-0.4, -0.2) is 34.8 Å². The third-order valence-corrected chi connectivity index (χ3v) is 4.97. The van der Waals surface area contributed by atoms with Crippen LogP contribution in [0.25, 0.3) is 0 Å². The first-order chi connectivity index (χ1) is 10.2. The molecule has 0 heterocycles. The zero-order chi connectivity index (χ0) is 16.8. The fourth-order valence-electron chi connectivity index (χ4n) is 1.94. The van der Waals surface area contributed by atoms with Gasteiger partial charge in [-0.2, -0.15) is 0 Å². The minimum Gasteiger partial charge on any atom is -0.504 e. The van der Waals surface area contributed by atoms with Gasteiger partial charge in [-0.3, -0.25) is 0 Å². The molecule has 0 spiro atoms.